The van der Waals surface area contributed by atoms with Crippen LogP contribution in [0.2, 0.25) is 0 Å². The maximum Gasteiger partial charge on any atom is 0.322 e. The van der Waals surface area contributed by atoms with Gasteiger partial charge in [-0.05, 0) is 24.3 Å². The molecule has 9 heteroatoms. The van der Waals surface area contributed by atoms with Gasteiger partial charge in [0.1, 0.15) is 5.75 Å². The minimum absolute atomic E-state index is 0.107. The minimum atomic E-state index is -0.593. The van der Waals surface area contributed by atoms with Crippen LogP contribution in [0.25, 0.3) is 11.5 Å². The number of nitrogens with one attached hydrogen (secondary N) is 1. The van der Waals surface area contributed by atoms with Crippen LogP contribution in [0.1, 0.15) is 10.4 Å². The van der Waals surface area contributed by atoms with Crippen molar-refractivity contribution < 1.29 is 18.9 Å². The lowest BCUT2D eigenvalue weighted by molar-refractivity contribution is -0.384. The van der Waals surface area contributed by atoms with Gasteiger partial charge < -0.3 is 9.15 Å². The number of hydrogen-bond donors (Lipinski definition) is 1. The highest BCUT2D eigenvalue weighted by atomic mass is 16.6. The van der Waals surface area contributed by atoms with Gasteiger partial charge in [-0.25, -0.2) is 0 Å². The van der Waals surface area contributed by atoms with Crippen LogP contribution in [0, 0.1) is 10.1 Å². The number of nitro benzene ring substituents is 1. The summed E-state index contributed by atoms with van der Waals surface area (Å²) in [6.07, 6.45) is 0. The van der Waals surface area contributed by atoms with Crippen molar-refractivity contribution in [3.63, 3.8) is 0 Å². The molecule has 126 valence electrons. The number of non-ortho nitro benzene ring substituents is 1. The minimum Gasteiger partial charge on any atom is -0.497 e. The molecule has 0 atom stereocenters. The van der Waals surface area contributed by atoms with E-state index in [0.717, 1.165) is 6.07 Å². The zero-order valence-corrected chi connectivity index (χ0v) is 13.0. The lowest BCUT2D eigenvalue weighted by atomic mass is 10.2. The number of aromatic nitrogens is 2. The van der Waals surface area contributed by atoms with Crippen molar-refractivity contribution in [1.29, 1.82) is 0 Å². The molecular formula is C16H12N4O5. The van der Waals surface area contributed by atoms with Gasteiger partial charge in [-0.2, -0.15) is 0 Å². The number of benzene rings is 2. The lowest BCUT2D eigenvalue weighted by Crippen LogP contribution is -2.12. The Morgan fingerprint density at radius 3 is 2.76 bits per heavy atom. The van der Waals surface area contributed by atoms with E-state index in [1.54, 1.807) is 24.3 Å². The van der Waals surface area contributed by atoms with E-state index in [4.69, 9.17) is 9.15 Å². The monoisotopic (exact) mass is 340 g/mol. The van der Waals surface area contributed by atoms with Crippen molar-refractivity contribution in [3.8, 4) is 17.2 Å². The third kappa shape index (κ3) is 3.61. The van der Waals surface area contributed by atoms with E-state index in [1.807, 2.05) is 0 Å². The third-order valence-electron chi connectivity index (χ3n) is 3.28. The highest BCUT2D eigenvalue weighted by molar-refractivity contribution is 6.03. The predicted octanol–water partition coefficient (Wildman–Crippen LogP) is 2.91. The first-order valence-electron chi connectivity index (χ1n) is 7.10. The van der Waals surface area contributed by atoms with Crippen LogP contribution < -0.4 is 10.1 Å². The van der Waals surface area contributed by atoms with Gasteiger partial charge in [0.2, 0.25) is 5.89 Å². The Bertz CT molecular complexity index is 938. The SMILES string of the molecule is COc1cccc(-c2nnc(NC(=O)c3cccc([N+](=O)[O-])c3)o2)c1. The average Bonchev–Trinajstić information content (AvgIpc) is 3.10. The molecule has 2 aromatic carbocycles. The molecule has 3 rings (SSSR count). The van der Waals surface area contributed by atoms with Crippen LogP contribution in [0.15, 0.2) is 52.9 Å². The van der Waals surface area contributed by atoms with Crippen molar-refractivity contribution >= 4 is 17.6 Å². The van der Waals surface area contributed by atoms with E-state index in [2.05, 4.69) is 15.5 Å². The molecule has 0 aliphatic rings. The van der Waals surface area contributed by atoms with Gasteiger partial charge in [-0.3, -0.25) is 20.2 Å². The number of carbonyl (C=O) groups excluding carboxylic acids is 1. The molecule has 1 amide bonds. The number of rotatable bonds is 5. The molecule has 1 N–H and O–H groups in total. The standard InChI is InChI=1S/C16H12N4O5/c1-24-13-7-3-5-11(9-13)15-18-19-16(25-15)17-14(21)10-4-2-6-12(8-10)20(22)23/h2-9H,1H3,(H,17,19,21). The number of ether oxygens (including phenoxy) is 1. The topological polar surface area (TPSA) is 120 Å². The second-order valence-corrected chi connectivity index (χ2v) is 4.91. The molecule has 0 spiro atoms. The van der Waals surface area contributed by atoms with Gasteiger partial charge >= 0.3 is 6.01 Å². The molecule has 1 aromatic heterocycles. The summed E-state index contributed by atoms with van der Waals surface area (Å²) in [5.41, 5.74) is 0.549. The summed E-state index contributed by atoms with van der Waals surface area (Å²) in [7, 11) is 1.54. The smallest absolute Gasteiger partial charge is 0.322 e. The number of methoxy groups -OCH3 is 1. The Hall–Kier alpha value is -3.75. The summed E-state index contributed by atoms with van der Waals surface area (Å²) in [6, 6.07) is 12.2. The maximum absolute atomic E-state index is 12.2. The maximum atomic E-state index is 12.2. The zero-order valence-electron chi connectivity index (χ0n) is 13.0. The molecule has 0 saturated heterocycles. The molecule has 9 nitrogen and oxygen atoms in total. The lowest BCUT2D eigenvalue weighted by Gasteiger charge is -2.01. The Labute approximate surface area is 141 Å². The van der Waals surface area contributed by atoms with Gasteiger partial charge in [0, 0.05) is 23.3 Å². The highest BCUT2D eigenvalue weighted by Crippen LogP contribution is 2.24. The highest BCUT2D eigenvalue weighted by Gasteiger charge is 2.15. The van der Waals surface area contributed by atoms with Gasteiger partial charge in [0.05, 0.1) is 12.0 Å². The van der Waals surface area contributed by atoms with Crippen molar-refractivity contribution in [1.82, 2.24) is 10.2 Å². The summed E-state index contributed by atoms with van der Waals surface area (Å²) in [6.45, 7) is 0. The second kappa shape index (κ2) is 6.79. The normalized spacial score (nSPS) is 10.3. The number of nitro groups is 1. The number of nitrogens with zero attached hydrogens (tertiary/aromatic N) is 3. The number of amides is 1. The Morgan fingerprint density at radius 2 is 2.00 bits per heavy atom. The first-order valence-corrected chi connectivity index (χ1v) is 7.10. The first kappa shape index (κ1) is 16.1. The van der Waals surface area contributed by atoms with Crippen LogP contribution in [-0.4, -0.2) is 28.1 Å². The molecule has 1 heterocycles. The fourth-order valence-corrected chi connectivity index (χ4v) is 2.08. The second-order valence-electron chi connectivity index (χ2n) is 4.91. The number of carbonyl (C=O) groups is 1. The number of hydrogen-bond acceptors (Lipinski definition) is 7. The predicted molar refractivity (Wildman–Crippen MR) is 87.3 cm³/mol. The van der Waals surface area contributed by atoms with E-state index in [0.29, 0.717) is 11.3 Å². The zero-order chi connectivity index (χ0) is 17.8. The largest absolute Gasteiger partial charge is 0.497 e. The Balaban J connectivity index is 1.78. The van der Waals surface area contributed by atoms with E-state index in [9.17, 15) is 14.9 Å². The van der Waals surface area contributed by atoms with Gasteiger partial charge in [-0.15, -0.1) is 5.10 Å². The van der Waals surface area contributed by atoms with E-state index in [1.165, 1.54) is 25.3 Å². The summed E-state index contributed by atoms with van der Waals surface area (Å²) in [4.78, 5) is 22.3. The first-order chi connectivity index (χ1) is 12.1. The Kier molecular flexibility index (Phi) is 4.38. The molecule has 0 saturated carbocycles. The van der Waals surface area contributed by atoms with Crippen LogP contribution in [-0.2, 0) is 0 Å². The quantitative estimate of drug-likeness (QED) is 0.560. The molecular weight excluding hydrogens is 328 g/mol. The van der Waals surface area contributed by atoms with Gasteiger partial charge in [0.15, 0.2) is 0 Å². The average molecular weight is 340 g/mol. The van der Waals surface area contributed by atoms with Crippen molar-refractivity contribution in [2.75, 3.05) is 12.4 Å². The summed E-state index contributed by atoms with van der Waals surface area (Å²) >= 11 is 0. The van der Waals surface area contributed by atoms with Crippen LogP contribution >= 0.6 is 0 Å². The molecule has 25 heavy (non-hydrogen) atoms. The van der Waals surface area contributed by atoms with Gasteiger partial charge in [0.25, 0.3) is 11.6 Å². The van der Waals surface area contributed by atoms with E-state index >= 15 is 0 Å². The molecule has 0 unspecified atom stereocenters. The fourth-order valence-electron chi connectivity index (χ4n) is 2.08. The molecule has 3 aromatic rings. The summed E-state index contributed by atoms with van der Waals surface area (Å²) in [5.74, 6) is 0.232. The molecule has 0 aliphatic heterocycles. The summed E-state index contributed by atoms with van der Waals surface area (Å²) in [5, 5.41) is 20.8. The third-order valence-corrected chi connectivity index (χ3v) is 3.28. The number of anilines is 1. The van der Waals surface area contributed by atoms with Crippen LogP contribution in [0.4, 0.5) is 11.7 Å². The molecule has 0 bridgehead atoms. The van der Waals surface area contributed by atoms with E-state index in [-0.39, 0.29) is 23.2 Å². The molecule has 0 aliphatic carbocycles. The summed E-state index contributed by atoms with van der Waals surface area (Å²) < 4.78 is 10.5. The van der Waals surface area contributed by atoms with Crippen molar-refractivity contribution in [2.24, 2.45) is 0 Å². The van der Waals surface area contributed by atoms with Crippen LogP contribution in [0.3, 0.4) is 0 Å². The van der Waals surface area contributed by atoms with Crippen molar-refractivity contribution in [3.05, 3.63) is 64.2 Å². The van der Waals surface area contributed by atoms with Gasteiger partial charge in [-0.1, -0.05) is 17.2 Å². The van der Waals surface area contributed by atoms with E-state index < -0.39 is 10.8 Å². The fraction of sp³-hybridized carbons (Fsp3) is 0.0625. The van der Waals surface area contributed by atoms with Crippen LogP contribution in [0.5, 0.6) is 5.75 Å². The Morgan fingerprint density at radius 1 is 1.20 bits per heavy atom. The van der Waals surface area contributed by atoms with Crippen molar-refractivity contribution in [2.45, 2.75) is 0 Å². The molecule has 0 fully saturated rings. The molecule has 0 radical (unpaired) electrons.